The van der Waals surface area contributed by atoms with Crippen LogP contribution >= 0.6 is 45.1 Å². The molecule has 2 aromatic heterocycles. The van der Waals surface area contributed by atoms with Crippen molar-refractivity contribution in [1.82, 2.24) is 14.5 Å². The number of rotatable bonds is 12. The van der Waals surface area contributed by atoms with Crippen LogP contribution in [0.1, 0.15) is 25.1 Å². The van der Waals surface area contributed by atoms with Crippen LogP contribution in [-0.2, 0) is 36.3 Å². The Bertz CT molecular complexity index is 1380. The Hall–Kier alpha value is -1.03. The lowest BCUT2D eigenvalue weighted by Crippen LogP contribution is -2.30. The number of ether oxygens (including phenoxy) is 2. The highest BCUT2D eigenvalue weighted by molar-refractivity contribution is 8.76. The van der Waals surface area contributed by atoms with Crippen LogP contribution in [0, 0.1) is 11.8 Å². The topological polar surface area (TPSA) is 261 Å². The van der Waals surface area contributed by atoms with E-state index in [0.717, 1.165) is 0 Å². The molecule has 2 aromatic rings. The molecule has 22 heteroatoms. The summed E-state index contributed by atoms with van der Waals surface area (Å²) in [5.74, 6) is 5.83. The third-order valence-electron chi connectivity index (χ3n) is 4.87. The Kier molecular flexibility index (Phi) is 11.1. The van der Waals surface area contributed by atoms with E-state index in [0.29, 0.717) is 16.6 Å². The van der Waals surface area contributed by atoms with Crippen molar-refractivity contribution in [3.63, 3.8) is 0 Å². The number of fused-ring (bicyclic) bond motifs is 1. The molecule has 8 N–H and O–H groups in total. The van der Waals surface area contributed by atoms with Crippen LogP contribution in [0.25, 0.3) is 11.0 Å². The Balaban J connectivity index is 1.85. The number of nitrogen functional groups attached to an aromatic ring is 1. The molecule has 1 fully saturated rings. The maximum atomic E-state index is 12.3. The summed E-state index contributed by atoms with van der Waals surface area (Å²) in [6.45, 7) is 1.20. The van der Waals surface area contributed by atoms with E-state index in [4.69, 9.17) is 35.3 Å². The summed E-state index contributed by atoms with van der Waals surface area (Å²) in [5.41, 5.74) is 12.1. The monoisotopic (exact) mass is 649 g/mol. The van der Waals surface area contributed by atoms with Crippen LogP contribution in [0.15, 0.2) is 12.5 Å². The highest BCUT2D eigenvalue weighted by Crippen LogP contribution is 2.66. The molecule has 0 aliphatic carbocycles. The number of phosphoric ester groups is 1. The lowest BCUT2D eigenvalue weighted by atomic mass is 10.2. The van der Waals surface area contributed by atoms with Crippen LogP contribution in [0.5, 0.6) is 0 Å². The number of nitrogens with zero attached hydrogens (tertiary/aromatic N) is 3. The van der Waals surface area contributed by atoms with E-state index in [1.165, 1.54) is 27.9 Å². The predicted molar refractivity (Wildman–Crippen MR) is 142 cm³/mol. The molecule has 39 heavy (non-hydrogen) atoms. The molecule has 6 atom stereocenters. The molecule has 17 nitrogen and oxygen atoms in total. The van der Waals surface area contributed by atoms with E-state index in [1.54, 1.807) is 17.7 Å². The van der Waals surface area contributed by atoms with Gasteiger partial charge in [-0.05, 0) is 13.2 Å². The van der Waals surface area contributed by atoms with Crippen molar-refractivity contribution >= 4 is 61.9 Å². The van der Waals surface area contributed by atoms with E-state index in [-0.39, 0.29) is 24.2 Å². The predicted octanol–water partition coefficient (Wildman–Crippen LogP) is 1.70. The second kappa shape index (κ2) is 13.3. The van der Waals surface area contributed by atoms with E-state index in [9.17, 15) is 23.5 Å². The fourth-order valence-corrected chi connectivity index (χ4v) is 8.05. The van der Waals surface area contributed by atoms with Crippen molar-refractivity contribution in [3.05, 3.63) is 18.1 Å². The molecular weight excluding hydrogens is 623 g/mol. The van der Waals surface area contributed by atoms with Gasteiger partial charge in [0.1, 0.15) is 35.6 Å². The molecule has 3 heterocycles. The molecule has 0 aromatic carbocycles. The molecule has 3 unspecified atom stereocenters. The van der Waals surface area contributed by atoms with Gasteiger partial charge in [0.2, 0.25) is 0 Å². The molecule has 1 saturated heterocycles. The van der Waals surface area contributed by atoms with Gasteiger partial charge in [-0.15, -0.1) is 0 Å². The Morgan fingerprint density at radius 1 is 1.23 bits per heavy atom. The number of hydrogen-bond donors (Lipinski definition) is 6. The third kappa shape index (κ3) is 9.23. The molecule has 1 aliphatic heterocycles. The first-order valence-corrected chi connectivity index (χ1v) is 17.9. The Morgan fingerprint density at radius 2 is 1.95 bits per heavy atom. The van der Waals surface area contributed by atoms with Crippen molar-refractivity contribution in [2.45, 2.75) is 37.2 Å². The summed E-state index contributed by atoms with van der Waals surface area (Å²) in [6.07, 6.45) is 2.49. The SMILES string of the molecule is CSS[C@@H](C)OC1C[C@H](n2cc(C#CCN)c3c(N)ncnc32)O[C@@H]1COP(=O)(O)OP(=O)(O)OP(=O)(O)O. The van der Waals surface area contributed by atoms with Gasteiger partial charge in [-0.1, -0.05) is 33.4 Å². The number of aromatic nitrogens is 3. The van der Waals surface area contributed by atoms with Crippen molar-refractivity contribution in [1.29, 1.82) is 0 Å². The fraction of sp³-hybridized carbons (Fsp3) is 0.529. The highest BCUT2D eigenvalue weighted by atomic mass is 33.1. The standard InChI is InChI=1S/C17H26N5O12P3S2/c1-10(39-38-2)31-12-6-14(22-7-11(4-3-5-18)15-16(19)20-9-21-17(15)22)32-13(12)8-30-36(26,27)34-37(28,29)33-35(23,24)25/h7,9-10,12-14H,5-6,8,18H2,1-2H3,(H,26,27)(H,28,29)(H2,19,20,21)(H2,23,24,25)/t10-,12?,13+,14+/m0/s1. The highest BCUT2D eigenvalue weighted by Gasteiger charge is 2.44. The summed E-state index contributed by atoms with van der Waals surface area (Å²) in [4.78, 5) is 44.9. The van der Waals surface area contributed by atoms with Crippen LogP contribution in [0.2, 0.25) is 0 Å². The van der Waals surface area contributed by atoms with Crippen LogP contribution < -0.4 is 11.5 Å². The molecule has 1 aliphatic rings. The number of hydrogen-bond acceptors (Lipinski definition) is 14. The zero-order chi connectivity index (χ0) is 29.0. The van der Waals surface area contributed by atoms with Crippen molar-refractivity contribution in [3.8, 4) is 11.8 Å². The maximum absolute atomic E-state index is 12.3. The van der Waals surface area contributed by atoms with Crippen molar-refractivity contribution in [2.75, 3.05) is 25.1 Å². The minimum atomic E-state index is -5.67. The van der Waals surface area contributed by atoms with Gasteiger partial charge in [0.15, 0.2) is 0 Å². The van der Waals surface area contributed by atoms with E-state index < -0.39 is 48.5 Å². The first-order chi connectivity index (χ1) is 18.1. The Morgan fingerprint density at radius 3 is 2.59 bits per heavy atom. The zero-order valence-electron chi connectivity index (χ0n) is 20.3. The average molecular weight is 649 g/mol. The minimum absolute atomic E-state index is 0.101. The largest absolute Gasteiger partial charge is 0.490 e. The van der Waals surface area contributed by atoms with Gasteiger partial charge in [0, 0.05) is 12.6 Å². The lowest BCUT2D eigenvalue weighted by molar-refractivity contribution is -0.0616. The zero-order valence-corrected chi connectivity index (χ0v) is 24.6. The lowest BCUT2D eigenvalue weighted by Gasteiger charge is -2.23. The molecule has 0 saturated carbocycles. The minimum Gasteiger partial charge on any atom is -0.383 e. The summed E-state index contributed by atoms with van der Waals surface area (Å²) in [7, 11) is -13.7. The average Bonchev–Trinajstić information content (AvgIpc) is 3.36. The molecule has 0 bridgehead atoms. The first kappa shape index (κ1) is 32.5. The molecule has 0 radical (unpaired) electrons. The molecule has 3 rings (SSSR count). The van der Waals surface area contributed by atoms with Gasteiger partial charge in [-0.2, -0.15) is 8.62 Å². The number of nitrogens with two attached hydrogens (primary N) is 2. The van der Waals surface area contributed by atoms with Gasteiger partial charge in [-0.3, -0.25) is 4.52 Å². The number of phosphoric acid groups is 3. The first-order valence-electron chi connectivity index (χ1n) is 10.7. The summed E-state index contributed by atoms with van der Waals surface area (Å²) in [6, 6.07) is 0. The van der Waals surface area contributed by atoms with E-state index >= 15 is 0 Å². The summed E-state index contributed by atoms with van der Waals surface area (Å²) in [5, 5.41) is 0.475. The quantitative estimate of drug-likeness (QED) is 0.0827. The molecular formula is C17H26N5O12P3S2. The van der Waals surface area contributed by atoms with Crippen LogP contribution in [0.4, 0.5) is 5.82 Å². The van der Waals surface area contributed by atoms with E-state index in [2.05, 4.69) is 30.4 Å². The van der Waals surface area contributed by atoms with Crippen molar-refractivity contribution in [2.24, 2.45) is 5.73 Å². The van der Waals surface area contributed by atoms with Gasteiger partial charge in [0.25, 0.3) is 0 Å². The summed E-state index contributed by atoms with van der Waals surface area (Å²) >= 11 is 0. The molecule has 0 amide bonds. The van der Waals surface area contributed by atoms with Gasteiger partial charge in [-0.25, -0.2) is 23.7 Å². The molecule has 218 valence electrons. The molecule has 0 spiro atoms. The van der Waals surface area contributed by atoms with Crippen LogP contribution in [0.3, 0.4) is 0 Å². The van der Waals surface area contributed by atoms with Gasteiger partial charge in [0.05, 0.1) is 30.2 Å². The number of anilines is 1. The van der Waals surface area contributed by atoms with Crippen molar-refractivity contribution < 1.29 is 55.9 Å². The fourth-order valence-electron chi connectivity index (χ4n) is 3.61. The second-order valence-electron chi connectivity index (χ2n) is 7.67. The normalized spacial score (nSPS) is 23.6. The van der Waals surface area contributed by atoms with Gasteiger partial charge < -0.3 is 45.1 Å². The smallest absolute Gasteiger partial charge is 0.383 e. The van der Waals surface area contributed by atoms with Crippen LogP contribution in [-0.4, -0.2) is 71.2 Å². The second-order valence-corrected chi connectivity index (χ2v) is 14.9. The van der Waals surface area contributed by atoms with E-state index in [1.807, 2.05) is 6.26 Å². The maximum Gasteiger partial charge on any atom is 0.490 e. The van der Waals surface area contributed by atoms with Gasteiger partial charge >= 0.3 is 23.5 Å². The third-order valence-corrected chi connectivity index (χ3v) is 10.6. The Labute approximate surface area is 230 Å². The summed E-state index contributed by atoms with van der Waals surface area (Å²) < 4.78 is 60.8.